The van der Waals surface area contributed by atoms with Gasteiger partial charge in [0.15, 0.2) is 17.3 Å². The number of rotatable bonds is 5. The van der Waals surface area contributed by atoms with Crippen LogP contribution in [0.1, 0.15) is 24.8 Å². The lowest BCUT2D eigenvalue weighted by atomic mass is 10.1. The summed E-state index contributed by atoms with van der Waals surface area (Å²) in [4.78, 5) is 25.2. The van der Waals surface area contributed by atoms with E-state index < -0.39 is 0 Å². The normalized spacial score (nSPS) is 15.0. The summed E-state index contributed by atoms with van der Waals surface area (Å²) >= 11 is 0. The van der Waals surface area contributed by atoms with Crippen LogP contribution >= 0.6 is 0 Å². The third-order valence-corrected chi connectivity index (χ3v) is 3.68. The van der Waals surface area contributed by atoms with Gasteiger partial charge in [-0.15, -0.1) is 0 Å². The molecule has 0 unspecified atom stereocenters. The van der Waals surface area contributed by atoms with Gasteiger partial charge in [-0.25, -0.2) is 0 Å². The molecular weight excluding hydrogens is 270 g/mol. The molecule has 1 aromatic rings. The van der Waals surface area contributed by atoms with Crippen molar-refractivity contribution in [3.05, 3.63) is 23.8 Å². The maximum atomic E-state index is 12.1. The van der Waals surface area contributed by atoms with Crippen LogP contribution in [0, 0.1) is 0 Å². The number of hydrogen-bond acceptors (Lipinski definition) is 4. The number of carbonyl (C=O) groups is 2. The van der Waals surface area contributed by atoms with E-state index in [-0.39, 0.29) is 18.2 Å². The summed E-state index contributed by atoms with van der Waals surface area (Å²) in [5.41, 5.74) is 1.02. The number of hydrogen-bond donors (Lipinski definition) is 0. The minimum Gasteiger partial charge on any atom is -0.493 e. The Labute approximate surface area is 124 Å². The first-order valence-electron chi connectivity index (χ1n) is 7.14. The molecule has 1 fully saturated rings. The van der Waals surface area contributed by atoms with Crippen LogP contribution in [0.3, 0.4) is 0 Å². The second kappa shape index (κ2) is 7.11. The summed E-state index contributed by atoms with van der Waals surface area (Å²) in [5, 5.41) is 0. The second-order valence-electron chi connectivity index (χ2n) is 5.15. The highest BCUT2D eigenvalue weighted by atomic mass is 16.5. The first kappa shape index (κ1) is 15.4. The van der Waals surface area contributed by atoms with E-state index in [0.29, 0.717) is 37.3 Å². The Hall–Kier alpha value is -2.04. The fourth-order valence-corrected chi connectivity index (χ4v) is 2.50. The van der Waals surface area contributed by atoms with Gasteiger partial charge in [-0.1, -0.05) is 6.07 Å². The lowest BCUT2D eigenvalue weighted by Crippen LogP contribution is -2.40. The Bertz CT molecular complexity index is 527. The first-order valence-corrected chi connectivity index (χ1v) is 7.14. The number of likely N-dealkylation sites (tertiary alicyclic amines) is 1. The van der Waals surface area contributed by atoms with Crippen molar-refractivity contribution in [1.29, 1.82) is 0 Å². The number of ether oxygens (including phenoxy) is 2. The van der Waals surface area contributed by atoms with Crippen LogP contribution in [0.25, 0.3) is 0 Å². The van der Waals surface area contributed by atoms with Crippen LogP contribution in [0.2, 0.25) is 0 Å². The zero-order chi connectivity index (χ0) is 15.2. The molecule has 1 aliphatic rings. The zero-order valence-electron chi connectivity index (χ0n) is 12.6. The van der Waals surface area contributed by atoms with Gasteiger partial charge in [0.25, 0.3) is 0 Å². The number of aryl methyl sites for hydroxylation is 1. The highest BCUT2D eigenvalue weighted by Crippen LogP contribution is 2.28. The van der Waals surface area contributed by atoms with Gasteiger partial charge in [0, 0.05) is 19.4 Å². The van der Waals surface area contributed by atoms with Gasteiger partial charge in [0.05, 0.1) is 20.8 Å². The number of methoxy groups -OCH3 is 2. The van der Waals surface area contributed by atoms with E-state index in [1.165, 1.54) is 0 Å². The molecule has 1 aliphatic heterocycles. The molecule has 2 rings (SSSR count). The van der Waals surface area contributed by atoms with E-state index in [1.54, 1.807) is 19.1 Å². The predicted molar refractivity (Wildman–Crippen MR) is 78.7 cm³/mol. The first-order chi connectivity index (χ1) is 10.1. The monoisotopic (exact) mass is 291 g/mol. The fourth-order valence-electron chi connectivity index (χ4n) is 2.50. The summed E-state index contributed by atoms with van der Waals surface area (Å²) in [6, 6.07) is 5.65. The number of piperidine rings is 1. The highest BCUT2D eigenvalue weighted by molar-refractivity contribution is 5.87. The number of carbonyl (C=O) groups excluding carboxylic acids is 2. The maximum absolute atomic E-state index is 12.1. The van der Waals surface area contributed by atoms with Crippen molar-refractivity contribution in [3.63, 3.8) is 0 Å². The molecule has 1 heterocycles. The third-order valence-electron chi connectivity index (χ3n) is 3.68. The Balaban J connectivity index is 1.93. The van der Waals surface area contributed by atoms with E-state index in [1.807, 2.05) is 18.2 Å². The molecule has 1 amide bonds. The quantitative estimate of drug-likeness (QED) is 0.830. The molecule has 5 nitrogen and oxygen atoms in total. The summed E-state index contributed by atoms with van der Waals surface area (Å²) in [7, 11) is 3.18. The zero-order valence-corrected chi connectivity index (χ0v) is 12.6. The molecule has 114 valence electrons. The van der Waals surface area contributed by atoms with Crippen molar-refractivity contribution in [2.24, 2.45) is 0 Å². The van der Waals surface area contributed by atoms with Gasteiger partial charge < -0.3 is 14.4 Å². The van der Waals surface area contributed by atoms with Crippen molar-refractivity contribution in [1.82, 2.24) is 4.90 Å². The Kier molecular flexibility index (Phi) is 5.20. The van der Waals surface area contributed by atoms with Crippen LogP contribution in [0.15, 0.2) is 18.2 Å². The van der Waals surface area contributed by atoms with Crippen LogP contribution < -0.4 is 9.47 Å². The number of benzene rings is 1. The van der Waals surface area contributed by atoms with Gasteiger partial charge in [-0.2, -0.15) is 0 Å². The van der Waals surface area contributed by atoms with E-state index in [4.69, 9.17) is 9.47 Å². The molecule has 5 heteroatoms. The van der Waals surface area contributed by atoms with E-state index >= 15 is 0 Å². The summed E-state index contributed by atoms with van der Waals surface area (Å²) in [5.74, 6) is 1.53. The smallest absolute Gasteiger partial charge is 0.223 e. The standard InChI is InChI=1S/C16H21NO4/c1-20-14-7-5-12(10-15(14)21-2)6-8-16(19)17-9-3-4-13(18)11-17/h5,7,10H,3-4,6,8-9,11H2,1-2H3. The molecule has 21 heavy (non-hydrogen) atoms. The molecule has 0 saturated carbocycles. The van der Waals surface area contributed by atoms with Crippen molar-refractivity contribution < 1.29 is 19.1 Å². The average Bonchev–Trinajstić information content (AvgIpc) is 2.52. The lowest BCUT2D eigenvalue weighted by molar-refractivity contribution is -0.137. The summed E-state index contributed by atoms with van der Waals surface area (Å²) in [6.45, 7) is 0.960. The van der Waals surface area contributed by atoms with Gasteiger partial charge in [-0.05, 0) is 30.5 Å². The SMILES string of the molecule is COc1ccc(CCC(=O)N2CCCC(=O)C2)cc1OC. The summed E-state index contributed by atoms with van der Waals surface area (Å²) < 4.78 is 10.4. The molecule has 1 saturated heterocycles. The number of nitrogens with zero attached hydrogens (tertiary/aromatic N) is 1. The van der Waals surface area contributed by atoms with Gasteiger partial charge >= 0.3 is 0 Å². The molecule has 0 N–H and O–H groups in total. The van der Waals surface area contributed by atoms with Crippen molar-refractivity contribution in [2.45, 2.75) is 25.7 Å². The molecule has 1 aromatic carbocycles. The number of ketones is 1. The second-order valence-corrected chi connectivity index (χ2v) is 5.15. The van der Waals surface area contributed by atoms with E-state index in [2.05, 4.69) is 0 Å². The molecule has 0 bridgehead atoms. The van der Waals surface area contributed by atoms with Crippen LogP contribution in [-0.4, -0.2) is 43.9 Å². The highest BCUT2D eigenvalue weighted by Gasteiger charge is 2.21. The predicted octanol–water partition coefficient (Wildman–Crippen LogP) is 1.83. The van der Waals surface area contributed by atoms with Crippen LogP contribution in [0.5, 0.6) is 11.5 Å². The molecule has 0 aliphatic carbocycles. The number of Topliss-reactive ketones (excluding diaryl/α,β-unsaturated/α-hetero) is 1. The van der Waals surface area contributed by atoms with Crippen LogP contribution in [0.4, 0.5) is 0 Å². The molecular formula is C16H21NO4. The van der Waals surface area contributed by atoms with Gasteiger partial charge in [-0.3, -0.25) is 9.59 Å². The van der Waals surface area contributed by atoms with Crippen molar-refractivity contribution in [3.8, 4) is 11.5 Å². The van der Waals surface area contributed by atoms with Gasteiger partial charge in [0.2, 0.25) is 5.91 Å². The lowest BCUT2D eigenvalue weighted by Gasteiger charge is -2.25. The molecule has 0 aromatic heterocycles. The average molecular weight is 291 g/mol. The van der Waals surface area contributed by atoms with Gasteiger partial charge in [0.1, 0.15) is 0 Å². The topological polar surface area (TPSA) is 55.8 Å². The minimum absolute atomic E-state index is 0.0397. The largest absolute Gasteiger partial charge is 0.493 e. The Morgan fingerprint density at radius 3 is 2.67 bits per heavy atom. The number of amides is 1. The van der Waals surface area contributed by atoms with Crippen molar-refractivity contribution >= 4 is 11.7 Å². The Morgan fingerprint density at radius 1 is 1.24 bits per heavy atom. The van der Waals surface area contributed by atoms with Crippen molar-refractivity contribution in [2.75, 3.05) is 27.3 Å². The fraction of sp³-hybridized carbons (Fsp3) is 0.500. The molecule has 0 radical (unpaired) electrons. The summed E-state index contributed by atoms with van der Waals surface area (Å²) in [6.07, 6.45) is 2.41. The molecule has 0 spiro atoms. The van der Waals surface area contributed by atoms with E-state index in [9.17, 15) is 9.59 Å². The van der Waals surface area contributed by atoms with Crippen LogP contribution in [-0.2, 0) is 16.0 Å². The maximum Gasteiger partial charge on any atom is 0.223 e. The van der Waals surface area contributed by atoms with E-state index in [0.717, 1.165) is 12.0 Å². The minimum atomic E-state index is 0.0397. The molecule has 0 atom stereocenters. The third kappa shape index (κ3) is 3.97. The Morgan fingerprint density at radius 2 is 2.00 bits per heavy atom.